The normalized spacial score (nSPS) is 19.9. The lowest BCUT2D eigenvalue weighted by molar-refractivity contribution is -0.124. The average molecular weight is 459 g/mol. The molecule has 34 heavy (non-hydrogen) atoms. The Balaban J connectivity index is 1.36. The predicted octanol–water partition coefficient (Wildman–Crippen LogP) is 1.76. The summed E-state index contributed by atoms with van der Waals surface area (Å²) in [5.74, 6) is 2.22. The van der Waals surface area contributed by atoms with E-state index in [2.05, 4.69) is 37.4 Å². The van der Waals surface area contributed by atoms with E-state index in [9.17, 15) is 9.59 Å². The van der Waals surface area contributed by atoms with Gasteiger partial charge in [-0.25, -0.2) is 9.97 Å². The molecule has 2 aliphatic heterocycles. The molecule has 0 spiro atoms. The van der Waals surface area contributed by atoms with Gasteiger partial charge in [-0.05, 0) is 38.0 Å². The van der Waals surface area contributed by atoms with Crippen LogP contribution >= 0.6 is 0 Å². The van der Waals surface area contributed by atoms with Gasteiger partial charge in [-0.3, -0.25) is 14.9 Å². The topological polar surface area (TPSA) is 108 Å². The second-order valence-corrected chi connectivity index (χ2v) is 9.05. The fourth-order valence-corrected chi connectivity index (χ4v) is 4.58. The van der Waals surface area contributed by atoms with Crippen molar-refractivity contribution in [1.29, 1.82) is 0 Å². The first-order chi connectivity index (χ1) is 16.6. The Morgan fingerprint density at radius 1 is 1.12 bits per heavy atom. The zero-order valence-electron chi connectivity index (χ0n) is 19.0. The number of rotatable bonds is 5. The van der Waals surface area contributed by atoms with E-state index in [1.807, 2.05) is 28.9 Å². The molecule has 0 bridgehead atoms. The Labute approximate surface area is 196 Å². The van der Waals surface area contributed by atoms with E-state index in [-0.39, 0.29) is 18.2 Å². The van der Waals surface area contributed by atoms with E-state index in [0.717, 1.165) is 67.6 Å². The highest BCUT2D eigenvalue weighted by atomic mass is 16.2. The van der Waals surface area contributed by atoms with E-state index < -0.39 is 0 Å². The van der Waals surface area contributed by atoms with Crippen LogP contribution in [-0.4, -0.2) is 63.6 Å². The number of nitrogens with one attached hydrogen (secondary N) is 2. The minimum Gasteiger partial charge on any atom is -0.367 e. The molecule has 0 radical (unpaired) electrons. The first kappa shape index (κ1) is 20.6. The van der Waals surface area contributed by atoms with Crippen molar-refractivity contribution in [1.82, 2.24) is 24.9 Å². The van der Waals surface area contributed by atoms with Crippen LogP contribution in [0.3, 0.4) is 0 Å². The molecule has 1 saturated carbocycles. The van der Waals surface area contributed by atoms with Crippen LogP contribution in [0.15, 0.2) is 36.2 Å². The quantitative estimate of drug-likeness (QED) is 0.440. The van der Waals surface area contributed by atoms with Gasteiger partial charge in [0.15, 0.2) is 5.65 Å². The summed E-state index contributed by atoms with van der Waals surface area (Å²) in [6.07, 6.45) is 7.63. The fourth-order valence-electron chi connectivity index (χ4n) is 4.58. The SMILES string of the molecule is Cc1c(N2CCN(c3ccccn3)CC2)nc2c(/C=C3\CC(=O)NC3=O)cnn2c1NC1CC1. The van der Waals surface area contributed by atoms with Gasteiger partial charge in [0.25, 0.3) is 5.91 Å². The van der Waals surface area contributed by atoms with Gasteiger partial charge in [0.05, 0.1) is 12.6 Å². The standard InChI is InChI=1S/C24H26N8O2/c1-15-21(31-10-8-30(9-11-31)19-4-2-3-7-25-19)29-23-17(12-16-13-20(33)28-24(16)34)14-26-32(23)22(15)27-18-5-6-18/h2-4,7,12,14,18,27H,5-6,8-11,13H2,1H3,(H,28,33,34)/b16-12+. The molecule has 6 rings (SSSR count). The number of piperazine rings is 1. The lowest BCUT2D eigenvalue weighted by Crippen LogP contribution is -2.47. The summed E-state index contributed by atoms with van der Waals surface area (Å²) >= 11 is 0. The van der Waals surface area contributed by atoms with Crippen LogP contribution in [0.1, 0.15) is 30.4 Å². The highest BCUT2D eigenvalue weighted by molar-refractivity contribution is 6.15. The molecule has 0 aromatic carbocycles. The molecule has 5 heterocycles. The number of fused-ring (bicyclic) bond motifs is 1. The summed E-state index contributed by atoms with van der Waals surface area (Å²) in [5, 5.41) is 10.5. The van der Waals surface area contributed by atoms with Crippen molar-refractivity contribution in [3.63, 3.8) is 0 Å². The second-order valence-electron chi connectivity index (χ2n) is 9.05. The number of hydrogen-bond donors (Lipinski definition) is 2. The molecular formula is C24H26N8O2. The zero-order chi connectivity index (χ0) is 23.2. The van der Waals surface area contributed by atoms with Crippen molar-refractivity contribution in [3.05, 3.63) is 47.3 Å². The van der Waals surface area contributed by atoms with Crippen molar-refractivity contribution in [3.8, 4) is 0 Å². The van der Waals surface area contributed by atoms with Gasteiger partial charge in [0.2, 0.25) is 5.91 Å². The minimum absolute atomic E-state index is 0.0809. The third kappa shape index (κ3) is 3.74. The summed E-state index contributed by atoms with van der Waals surface area (Å²) in [5.41, 5.74) is 2.90. The van der Waals surface area contributed by atoms with Gasteiger partial charge in [-0.1, -0.05) is 6.07 Å². The molecule has 0 unspecified atom stereocenters. The van der Waals surface area contributed by atoms with Crippen LogP contribution < -0.4 is 20.4 Å². The first-order valence-electron chi connectivity index (χ1n) is 11.7. The van der Waals surface area contributed by atoms with Gasteiger partial charge in [0, 0.05) is 55.1 Å². The molecule has 0 atom stereocenters. The molecule has 2 N–H and O–H groups in total. The maximum absolute atomic E-state index is 12.1. The molecule has 174 valence electrons. The molecule has 10 nitrogen and oxygen atoms in total. The van der Waals surface area contributed by atoms with Crippen molar-refractivity contribution in [2.24, 2.45) is 0 Å². The van der Waals surface area contributed by atoms with E-state index in [1.54, 1.807) is 12.3 Å². The molecule has 3 fully saturated rings. The number of aromatic nitrogens is 4. The van der Waals surface area contributed by atoms with Crippen molar-refractivity contribution >= 4 is 41.0 Å². The van der Waals surface area contributed by atoms with Crippen molar-refractivity contribution in [2.75, 3.05) is 41.3 Å². The van der Waals surface area contributed by atoms with E-state index >= 15 is 0 Å². The van der Waals surface area contributed by atoms with Crippen molar-refractivity contribution in [2.45, 2.75) is 32.2 Å². The number of carbonyl (C=O) groups excluding carboxylic acids is 2. The third-order valence-corrected chi connectivity index (χ3v) is 6.58. The van der Waals surface area contributed by atoms with E-state index in [1.165, 1.54) is 0 Å². The highest BCUT2D eigenvalue weighted by Gasteiger charge is 2.28. The van der Waals surface area contributed by atoms with Gasteiger partial charge in [-0.15, -0.1) is 0 Å². The molecule has 10 heteroatoms. The molecule has 3 aromatic rings. The number of hydrogen-bond acceptors (Lipinski definition) is 8. The largest absolute Gasteiger partial charge is 0.367 e. The Morgan fingerprint density at radius 2 is 1.91 bits per heavy atom. The van der Waals surface area contributed by atoms with Gasteiger partial charge in [0.1, 0.15) is 17.5 Å². The van der Waals surface area contributed by atoms with Crippen LogP contribution in [0.25, 0.3) is 11.7 Å². The molecule has 3 aromatic heterocycles. The number of amides is 2. The van der Waals surface area contributed by atoms with Crippen LogP contribution in [0.5, 0.6) is 0 Å². The molecule has 2 amide bonds. The van der Waals surface area contributed by atoms with Gasteiger partial charge >= 0.3 is 0 Å². The Bertz CT molecular complexity index is 1300. The molecule has 3 aliphatic rings. The number of carbonyl (C=O) groups is 2. The highest BCUT2D eigenvalue weighted by Crippen LogP contribution is 2.33. The summed E-state index contributed by atoms with van der Waals surface area (Å²) in [6.45, 7) is 5.44. The van der Waals surface area contributed by atoms with Crippen molar-refractivity contribution < 1.29 is 9.59 Å². The molecule has 2 saturated heterocycles. The number of nitrogens with zero attached hydrogens (tertiary/aromatic N) is 6. The zero-order valence-corrected chi connectivity index (χ0v) is 19.0. The van der Waals surface area contributed by atoms with Crippen LogP contribution in [0.2, 0.25) is 0 Å². The second kappa shape index (κ2) is 8.12. The van der Waals surface area contributed by atoms with Crippen LogP contribution in [0.4, 0.5) is 17.5 Å². The van der Waals surface area contributed by atoms with Gasteiger partial charge in [-0.2, -0.15) is 9.61 Å². The van der Waals surface area contributed by atoms with Gasteiger partial charge < -0.3 is 15.1 Å². The Kier molecular flexibility index (Phi) is 4.93. The average Bonchev–Trinajstić information content (AvgIpc) is 3.50. The van der Waals surface area contributed by atoms with E-state index in [0.29, 0.717) is 17.3 Å². The Morgan fingerprint density at radius 3 is 2.59 bits per heavy atom. The predicted molar refractivity (Wildman–Crippen MR) is 129 cm³/mol. The lowest BCUT2D eigenvalue weighted by atomic mass is 10.1. The summed E-state index contributed by atoms with van der Waals surface area (Å²) in [4.78, 5) is 37.8. The van der Waals surface area contributed by atoms with E-state index in [4.69, 9.17) is 4.98 Å². The number of imide groups is 1. The fraction of sp³-hybridized carbons (Fsp3) is 0.375. The lowest BCUT2D eigenvalue weighted by Gasteiger charge is -2.37. The summed E-state index contributed by atoms with van der Waals surface area (Å²) < 4.78 is 1.82. The summed E-state index contributed by atoms with van der Waals surface area (Å²) in [7, 11) is 0. The maximum atomic E-state index is 12.1. The van der Waals surface area contributed by atoms with Crippen LogP contribution in [0, 0.1) is 6.92 Å². The first-order valence-corrected chi connectivity index (χ1v) is 11.7. The number of pyridine rings is 1. The third-order valence-electron chi connectivity index (χ3n) is 6.58. The molecular weight excluding hydrogens is 432 g/mol. The smallest absolute Gasteiger partial charge is 0.254 e. The van der Waals surface area contributed by atoms with Crippen LogP contribution in [-0.2, 0) is 9.59 Å². The summed E-state index contributed by atoms with van der Waals surface area (Å²) in [6, 6.07) is 6.43. The maximum Gasteiger partial charge on any atom is 0.254 e. The number of anilines is 3. The molecule has 1 aliphatic carbocycles. The Hall–Kier alpha value is -3.95. The minimum atomic E-state index is -0.348. The monoisotopic (exact) mass is 458 g/mol.